The van der Waals surface area contributed by atoms with Crippen molar-refractivity contribution in [2.75, 3.05) is 7.11 Å². The lowest BCUT2D eigenvalue weighted by Crippen LogP contribution is -2.00. The van der Waals surface area contributed by atoms with E-state index in [1.54, 1.807) is 7.11 Å². The first-order chi connectivity index (χ1) is 5.79. The van der Waals surface area contributed by atoms with Crippen molar-refractivity contribution in [2.45, 2.75) is 26.9 Å². The van der Waals surface area contributed by atoms with Crippen LogP contribution >= 0.6 is 0 Å². The summed E-state index contributed by atoms with van der Waals surface area (Å²) in [6, 6.07) is 2.04. The molecule has 0 bridgehead atoms. The van der Waals surface area contributed by atoms with Crippen LogP contribution in [-0.2, 0) is 17.8 Å². The van der Waals surface area contributed by atoms with Gasteiger partial charge in [-0.2, -0.15) is 0 Å². The van der Waals surface area contributed by atoms with Gasteiger partial charge in [-0.25, -0.2) is 0 Å². The third kappa shape index (κ3) is 1.83. The fourth-order valence-electron chi connectivity index (χ4n) is 1.39. The molecule has 2 heteroatoms. The molecule has 0 aromatic carbocycles. The van der Waals surface area contributed by atoms with Crippen LogP contribution in [-0.4, -0.2) is 12.1 Å². The van der Waals surface area contributed by atoms with E-state index >= 15 is 0 Å². The van der Waals surface area contributed by atoms with Gasteiger partial charge < -0.3 is 4.74 Å². The molecule has 66 valence electrons. The number of ether oxygens (including phenoxy) is 1. The minimum atomic E-state index is 0.616. The monoisotopic (exact) mass is 165 g/mol. The summed E-state index contributed by atoms with van der Waals surface area (Å²) in [6.45, 7) is 4.87. The lowest BCUT2D eigenvalue weighted by molar-refractivity contribution is 0.180. The normalized spacial score (nSPS) is 10.2. The Bertz CT molecular complexity index is 258. The second-order valence-electron chi connectivity index (χ2n) is 2.84. The molecule has 1 aromatic rings. The van der Waals surface area contributed by atoms with Crippen LogP contribution in [0.2, 0.25) is 0 Å². The molecule has 0 fully saturated rings. The number of aromatic nitrogens is 1. The highest BCUT2D eigenvalue weighted by Crippen LogP contribution is 2.12. The first-order valence-electron chi connectivity index (χ1n) is 4.21. The second-order valence-corrected chi connectivity index (χ2v) is 2.84. The fourth-order valence-corrected chi connectivity index (χ4v) is 1.39. The minimum Gasteiger partial charge on any atom is -0.378 e. The van der Waals surface area contributed by atoms with Crippen molar-refractivity contribution in [2.24, 2.45) is 0 Å². The number of hydrogen-bond acceptors (Lipinski definition) is 2. The highest BCUT2D eigenvalue weighted by atomic mass is 16.5. The summed E-state index contributed by atoms with van der Waals surface area (Å²) in [4.78, 5) is 4.28. The molecule has 0 spiro atoms. The van der Waals surface area contributed by atoms with Crippen LogP contribution in [0.25, 0.3) is 0 Å². The Morgan fingerprint density at radius 3 is 2.83 bits per heavy atom. The van der Waals surface area contributed by atoms with E-state index in [2.05, 4.69) is 18.8 Å². The summed E-state index contributed by atoms with van der Waals surface area (Å²) < 4.78 is 5.06. The van der Waals surface area contributed by atoms with E-state index in [0.717, 1.165) is 12.1 Å². The third-order valence-corrected chi connectivity index (χ3v) is 2.01. The maximum Gasteiger partial charge on any atom is 0.0886 e. The average Bonchev–Trinajstić information content (AvgIpc) is 2.05. The van der Waals surface area contributed by atoms with Crippen molar-refractivity contribution in [3.05, 3.63) is 29.1 Å². The van der Waals surface area contributed by atoms with Crippen LogP contribution in [0.15, 0.2) is 12.3 Å². The smallest absolute Gasteiger partial charge is 0.0886 e. The highest BCUT2D eigenvalue weighted by molar-refractivity contribution is 5.28. The van der Waals surface area contributed by atoms with Crippen LogP contribution < -0.4 is 0 Å². The molecule has 0 radical (unpaired) electrons. The molecule has 0 aliphatic heterocycles. The largest absolute Gasteiger partial charge is 0.378 e. The number of hydrogen-bond donors (Lipinski definition) is 0. The van der Waals surface area contributed by atoms with Gasteiger partial charge in [0.05, 0.1) is 12.3 Å². The standard InChI is InChI=1S/C10H15NO/c1-4-9-8(2)5-6-11-10(9)7-12-3/h5-6H,4,7H2,1-3H3. The van der Waals surface area contributed by atoms with Crippen LogP contribution in [0.3, 0.4) is 0 Å². The molecule has 12 heavy (non-hydrogen) atoms. The molecule has 1 heterocycles. The Hall–Kier alpha value is -0.890. The molecule has 2 nitrogen and oxygen atoms in total. The lowest BCUT2D eigenvalue weighted by atomic mass is 10.1. The van der Waals surface area contributed by atoms with E-state index in [0.29, 0.717) is 6.61 Å². The van der Waals surface area contributed by atoms with Crippen molar-refractivity contribution in [1.29, 1.82) is 0 Å². The van der Waals surface area contributed by atoms with Gasteiger partial charge in [-0.1, -0.05) is 6.92 Å². The number of nitrogens with zero attached hydrogens (tertiary/aromatic N) is 1. The molecule has 1 rings (SSSR count). The van der Waals surface area contributed by atoms with Crippen LogP contribution in [0.5, 0.6) is 0 Å². The summed E-state index contributed by atoms with van der Waals surface area (Å²) in [5.41, 5.74) is 3.69. The number of rotatable bonds is 3. The maximum absolute atomic E-state index is 5.06. The Balaban J connectivity index is 3.00. The van der Waals surface area contributed by atoms with E-state index in [9.17, 15) is 0 Å². The zero-order valence-electron chi connectivity index (χ0n) is 7.92. The van der Waals surface area contributed by atoms with E-state index < -0.39 is 0 Å². The maximum atomic E-state index is 5.06. The van der Waals surface area contributed by atoms with Crippen molar-refractivity contribution in [3.8, 4) is 0 Å². The number of aryl methyl sites for hydroxylation is 1. The molecular weight excluding hydrogens is 150 g/mol. The van der Waals surface area contributed by atoms with Gasteiger partial charge in [0, 0.05) is 13.3 Å². The lowest BCUT2D eigenvalue weighted by Gasteiger charge is -2.07. The molecule has 1 aromatic heterocycles. The van der Waals surface area contributed by atoms with Gasteiger partial charge in [-0.3, -0.25) is 4.98 Å². The Labute approximate surface area is 73.6 Å². The van der Waals surface area contributed by atoms with Crippen molar-refractivity contribution >= 4 is 0 Å². The number of methoxy groups -OCH3 is 1. The fraction of sp³-hybridized carbons (Fsp3) is 0.500. The van der Waals surface area contributed by atoms with Crippen LogP contribution in [0, 0.1) is 6.92 Å². The molecule has 0 atom stereocenters. The van der Waals surface area contributed by atoms with Crippen LogP contribution in [0.4, 0.5) is 0 Å². The Kier molecular flexibility index (Phi) is 3.23. The second kappa shape index (κ2) is 4.21. The van der Waals surface area contributed by atoms with Gasteiger partial charge >= 0.3 is 0 Å². The summed E-state index contributed by atoms with van der Waals surface area (Å²) in [5.74, 6) is 0. The first kappa shape index (κ1) is 9.20. The van der Waals surface area contributed by atoms with Gasteiger partial charge in [0.15, 0.2) is 0 Å². The predicted octanol–water partition coefficient (Wildman–Crippen LogP) is 2.10. The Morgan fingerprint density at radius 2 is 2.25 bits per heavy atom. The van der Waals surface area contributed by atoms with Crippen molar-refractivity contribution in [3.63, 3.8) is 0 Å². The molecule has 0 N–H and O–H groups in total. The molecule has 0 saturated heterocycles. The Morgan fingerprint density at radius 1 is 1.50 bits per heavy atom. The molecule has 0 unspecified atom stereocenters. The van der Waals surface area contributed by atoms with Crippen molar-refractivity contribution < 1.29 is 4.74 Å². The quantitative estimate of drug-likeness (QED) is 0.684. The van der Waals surface area contributed by atoms with Crippen molar-refractivity contribution in [1.82, 2.24) is 4.98 Å². The van der Waals surface area contributed by atoms with E-state index in [4.69, 9.17) is 4.74 Å². The molecule has 0 amide bonds. The van der Waals surface area contributed by atoms with Gasteiger partial charge in [0.2, 0.25) is 0 Å². The summed E-state index contributed by atoms with van der Waals surface area (Å²) >= 11 is 0. The summed E-state index contributed by atoms with van der Waals surface area (Å²) in [7, 11) is 1.70. The van der Waals surface area contributed by atoms with Gasteiger partial charge in [-0.15, -0.1) is 0 Å². The topological polar surface area (TPSA) is 22.1 Å². The predicted molar refractivity (Wildman–Crippen MR) is 49.1 cm³/mol. The van der Waals surface area contributed by atoms with Gasteiger partial charge in [0.25, 0.3) is 0 Å². The van der Waals surface area contributed by atoms with Crippen LogP contribution in [0.1, 0.15) is 23.7 Å². The average molecular weight is 165 g/mol. The van der Waals surface area contributed by atoms with E-state index in [1.165, 1.54) is 11.1 Å². The minimum absolute atomic E-state index is 0.616. The zero-order valence-corrected chi connectivity index (χ0v) is 7.92. The SMILES string of the molecule is CCc1c(C)ccnc1COC. The highest BCUT2D eigenvalue weighted by Gasteiger charge is 2.03. The molecule has 0 aliphatic carbocycles. The first-order valence-corrected chi connectivity index (χ1v) is 4.21. The van der Waals surface area contributed by atoms with Gasteiger partial charge in [0.1, 0.15) is 0 Å². The van der Waals surface area contributed by atoms with E-state index in [-0.39, 0.29) is 0 Å². The number of pyridine rings is 1. The summed E-state index contributed by atoms with van der Waals surface area (Å²) in [5, 5.41) is 0. The molecule has 0 saturated carbocycles. The third-order valence-electron chi connectivity index (χ3n) is 2.01. The van der Waals surface area contributed by atoms with Gasteiger partial charge in [-0.05, 0) is 30.5 Å². The molecular formula is C10H15NO. The zero-order chi connectivity index (χ0) is 8.97. The summed E-state index contributed by atoms with van der Waals surface area (Å²) in [6.07, 6.45) is 2.86. The van der Waals surface area contributed by atoms with E-state index in [1.807, 2.05) is 12.3 Å². The molecule has 0 aliphatic rings.